The van der Waals surface area contributed by atoms with Crippen molar-refractivity contribution in [3.63, 3.8) is 0 Å². The Bertz CT molecular complexity index is 1270. The molecule has 0 aromatic heterocycles. The molecule has 5 rings (SSSR count). The number of nitrogens with zero attached hydrogens (tertiary/aromatic N) is 1. The van der Waals surface area contributed by atoms with Gasteiger partial charge in [0.2, 0.25) is 0 Å². The number of hydrogen-bond donors (Lipinski definition) is 1. The molecule has 8 heteroatoms. The van der Waals surface area contributed by atoms with E-state index in [4.69, 9.17) is 18.9 Å². The molecule has 1 unspecified atom stereocenters. The average Bonchev–Trinajstić information content (AvgIpc) is 3.48. The zero-order chi connectivity index (χ0) is 27.2. The van der Waals surface area contributed by atoms with Crippen molar-refractivity contribution < 1.29 is 33.6 Å². The summed E-state index contributed by atoms with van der Waals surface area (Å²) >= 11 is 0. The van der Waals surface area contributed by atoms with Gasteiger partial charge >= 0.3 is 5.97 Å². The predicted octanol–water partition coefficient (Wildman–Crippen LogP) is 4.55. The van der Waals surface area contributed by atoms with Crippen molar-refractivity contribution >= 4 is 11.9 Å². The molecular weight excluding hydrogens is 498 g/mol. The van der Waals surface area contributed by atoms with E-state index in [1.165, 1.54) is 0 Å². The van der Waals surface area contributed by atoms with Crippen LogP contribution in [0.4, 0.5) is 0 Å². The summed E-state index contributed by atoms with van der Waals surface area (Å²) < 4.78 is 23.6. The zero-order valence-corrected chi connectivity index (χ0v) is 22.0. The smallest absolute Gasteiger partial charge is 0.305 e. The minimum absolute atomic E-state index is 0.198. The Hall–Kier alpha value is -3.88. The Morgan fingerprint density at radius 3 is 2.46 bits per heavy atom. The largest absolute Gasteiger partial charge is 0.493 e. The molecule has 1 saturated heterocycles. The number of carbonyl (C=O) groups is 2. The van der Waals surface area contributed by atoms with Crippen LogP contribution >= 0.6 is 0 Å². The maximum absolute atomic E-state index is 14.1. The second-order valence-corrected chi connectivity index (χ2v) is 9.84. The van der Waals surface area contributed by atoms with E-state index in [-0.39, 0.29) is 25.0 Å². The molecule has 2 aliphatic rings. The molecule has 2 heterocycles. The van der Waals surface area contributed by atoms with Crippen molar-refractivity contribution in [2.45, 2.75) is 50.7 Å². The van der Waals surface area contributed by atoms with Crippen LogP contribution in [0, 0.1) is 0 Å². The number of benzene rings is 3. The molecule has 0 saturated carbocycles. The van der Waals surface area contributed by atoms with Crippen LogP contribution < -0.4 is 9.47 Å². The maximum Gasteiger partial charge on any atom is 0.305 e. The summed E-state index contributed by atoms with van der Waals surface area (Å²) in [5.74, 6) is -0.0737. The van der Waals surface area contributed by atoms with Gasteiger partial charge in [0.05, 0.1) is 26.2 Å². The molecule has 1 amide bonds. The van der Waals surface area contributed by atoms with E-state index in [2.05, 4.69) is 0 Å². The van der Waals surface area contributed by atoms with Gasteiger partial charge in [-0.05, 0) is 35.6 Å². The molecule has 2 aliphatic heterocycles. The highest BCUT2D eigenvalue weighted by Crippen LogP contribution is 2.40. The fourth-order valence-corrected chi connectivity index (χ4v) is 5.24. The molecule has 0 bridgehead atoms. The number of amides is 1. The van der Waals surface area contributed by atoms with Gasteiger partial charge in [0.15, 0.2) is 17.6 Å². The fraction of sp³-hybridized carbons (Fsp3) is 0.355. The number of aliphatic carboxylic acids is 1. The first-order valence-corrected chi connectivity index (χ1v) is 13.2. The lowest BCUT2D eigenvalue weighted by Gasteiger charge is -2.39. The fourth-order valence-electron chi connectivity index (χ4n) is 5.24. The van der Waals surface area contributed by atoms with Crippen LogP contribution in [0.2, 0.25) is 0 Å². The zero-order valence-electron chi connectivity index (χ0n) is 22.0. The van der Waals surface area contributed by atoms with E-state index in [0.717, 1.165) is 22.3 Å². The molecule has 1 N–H and O–H groups in total. The third-order valence-corrected chi connectivity index (χ3v) is 7.22. The van der Waals surface area contributed by atoms with Gasteiger partial charge in [-0.15, -0.1) is 0 Å². The van der Waals surface area contributed by atoms with E-state index in [1.807, 2.05) is 72.8 Å². The highest BCUT2D eigenvalue weighted by atomic mass is 16.6. The average molecular weight is 532 g/mol. The van der Waals surface area contributed by atoms with Crippen LogP contribution in [-0.4, -0.2) is 54.4 Å². The number of ether oxygens (including phenoxy) is 4. The van der Waals surface area contributed by atoms with Gasteiger partial charge in [-0.25, -0.2) is 0 Å². The summed E-state index contributed by atoms with van der Waals surface area (Å²) in [5, 5.41) is 9.78. The monoisotopic (exact) mass is 531 g/mol. The summed E-state index contributed by atoms with van der Waals surface area (Å²) in [6.45, 7) is 1.60. The first-order chi connectivity index (χ1) is 19.0. The standard InChI is InChI=1S/C31H33NO7/c1-36-27-13-12-23-18-32(31(35)29(22-10-6-3-7-11-22)39-25-14-15-37-20-25)24(17-28(33)34)16-26(23)30(27)38-19-21-8-4-2-5-9-21/h2-13,24-25,29H,14-20H2,1H3,(H,33,34)/t24-,25?,29+/m1/s1. The van der Waals surface area contributed by atoms with Crippen molar-refractivity contribution in [1.82, 2.24) is 4.90 Å². The molecular formula is C31H33NO7. The van der Waals surface area contributed by atoms with Crippen LogP contribution in [0.3, 0.4) is 0 Å². The van der Waals surface area contributed by atoms with Gasteiger partial charge in [0.1, 0.15) is 6.61 Å². The Kier molecular flexibility index (Phi) is 8.44. The van der Waals surface area contributed by atoms with Crippen LogP contribution in [0.5, 0.6) is 11.5 Å². The highest BCUT2D eigenvalue weighted by molar-refractivity contribution is 5.84. The van der Waals surface area contributed by atoms with Gasteiger partial charge in [-0.2, -0.15) is 0 Å². The predicted molar refractivity (Wildman–Crippen MR) is 144 cm³/mol. The van der Waals surface area contributed by atoms with Crippen LogP contribution in [0.15, 0.2) is 72.8 Å². The Labute approximate surface area is 228 Å². The van der Waals surface area contributed by atoms with Crippen molar-refractivity contribution in [1.29, 1.82) is 0 Å². The molecule has 1 fully saturated rings. The topological polar surface area (TPSA) is 94.5 Å². The van der Waals surface area contributed by atoms with Gasteiger partial charge in [-0.1, -0.05) is 66.7 Å². The summed E-state index contributed by atoms with van der Waals surface area (Å²) in [6.07, 6.45) is -0.226. The van der Waals surface area contributed by atoms with E-state index in [0.29, 0.717) is 44.2 Å². The van der Waals surface area contributed by atoms with Crippen LogP contribution in [0.1, 0.15) is 41.2 Å². The normalized spacial score (nSPS) is 19.3. The molecule has 204 valence electrons. The number of carbonyl (C=O) groups excluding carboxylic acids is 1. The quantitative estimate of drug-likeness (QED) is 0.410. The third-order valence-electron chi connectivity index (χ3n) is 7.22. The lowest BCUT2D eigenvalue weighted by molar-refractivity contribution is -0.153. The number of carboxylic acids is 1. The van der Waals surface area contributed by atoms with E-state index < -0.39 is 18.1 Å². The van der Waals surface area contributed by atoms with Gasteiger partial charge in [0.25, 0.3) is 5.91 Å². The Morgan fingerprint density at radius 2 is 1.79 bits per heavy atom. The highest BCUT2D eigenvalue weighted by Gasteiger charge is 2.38. The van der Waals surface area contributed by atoms with Gasteiger partial charge in [0, 0.05) is 24.8 Å². The molecule has 0 radical (unpaired) electrons. The first-order valence-electron chi connectivity index (χ1n) is 13.2. The molecule has 39 heavy (non-hydrogen) atoms. The van der Waals surface area contributed by atoms with E-state index >= 15 is 0 Å². The molecule has 0 aliphatic carbocycles. The minimum Gasteiger partial charge on any atom is -0.493 e. The second kappa shape index (κ2) is 12.3. The van der Waals surface area contributed by atoms with Gasteiger partial charge < -0.3 is 29.0 Å². The van der Waals surface area contributed by atoms with E-state index in [9.17, 15) is 14.7 Å². The Morgan fingerprint density at radius 1 is 1.05 bits per heavy atom. The summed E-state index contributed by atoms with van der Waals surface area (Å²) in [5.41, 5.74) is 3.49. The van der Waals surface area contributed by atoms with Crippen molar-refractivity contribution in [2.75, 3.05) is 20.3 Å². The number of rotatable bonds is 10. The van der Waals surface area contributed by atoms with Crippen molar-refractivity contribution in [3.05, 3.63) is 95.1 Å². The molecule has 0 spiro atoms. The molecule has 3 atom stereocenters. The first kappa shape index (κ1) is 26.7. The third kappa shape index (κ3) is 6.24. The maximum atomic E-state index is 14.1. The summed E-state index contributed by atoms with van der Waals surface area (Å²) in [7, 11) is 1.58. The van der Waals surface area contributed by atoms with Crippen LogP contribution in [-0.2, 0) is 38.6 Å². The number of hydrogen-bond acceptors (Lipinski definition) is 6. The lowest BCUT2D eigenvalue weighted by Crippen LogP contribution is -2.48. The number of carboxylic acid groups (broad SMARTS) is 1. The molecule has 8 nitrogen and oxygen atoms in total. The van der Waals surface area contributed by atoms with Crippen molar-refractivity contribution in [2.24, 2.45) is 0 Å². The SMILES string of the molecule is COc1ccc2c(c1OCc1ccccc1)C[C@H](CC(=O)O)N(C(=O)[C@@H](OC1CCOC1)c1ccccc1)C2. The van der Waals surface area contributed by atoms with Gasteiger partial charge in [-0.3, -0.25) is 9.59 Å². The molecule has 3 aromatic carbocycles. The van der Waals surface area contributed by atoms with Crippen LogP contribution in [0.25, 0.3) is 0 Å². The lowest BCUT2D eigenvalue weighted by atomic mass is 9.90. The summed E-state index contributed by atoms with van der Waals surface area (Å²) in [6, 6.07) is 22.3. The molecule has 3 aromatic rings. The summed E-state index contributed by atoms with van der Waals surface area (Å²) in [4.78, 5) is 27.7. The van der Waals surface area contributed by atoms with Crippen molar-refractivity contribution in [3.8, 4) is 11.5 Å². The number of fused-ring (bicyclic) bond motifs is 1. The second-order valence-electron chi connectivity index (χ2n) is 9.84. The minimum atomic E-state index is -0.975. The van der Waals surface area contributed by atoms with E-state index in [1.54, 1.807) is 12.0 Å². The Balaban J connectivity index is 1.46. The number of methoxy groups -OCH3 is 1.